The molecular formula is C15H30O2. The van der Waals surface area contributed by atoms with Crippen LogP contribution in [0.5, 0.6) is 0 Å². The van der Waals surface area contributed by atoms with E-state index >= 15 is 0 Å². The van der Waals surface area contributed by atoms with Crippen LogP contribution in [0, 0.1) is 5.41 Å². The first-order chi connectivity index (χ1) is 7.51. The Morgan fingerprint density at radius 3 is 2.12 bits per heavy atom. The maximum Gasteiger partial charge on any atom is 0.0748 e. The summed E-state index contributed by atoms with van der Waals surface area (Å²) < 4.78 is 5.61. The van der Waals surface area contributed by atoms with Crippen LogP contribution in [0.25, 0.3) is 0 Å². The second kappa shape index (κ2) is 6.55. The first kappa shape index (κ1) is 16.7. The van der Waals surface area contributed by atoms with Crippen molar-refractivity contribution in [1.29, 1.82) is 0 Å². The molecule has 0 saturated carbocycles. The molecule has 17 heavy (non-hydrogen) atoms. The van der Waals surface area contributed by atoms with Gasteiger partial charge in [0.25, 0.3) is 0 Å². The van der Waals surface area contributed by atoms with Crippen LogP contribution in [0.15, 0.2) is 11.6 Å². The van der Waals surface area contributed by atoms with Crippen molar-refractivity contribution in [2.75, 3.05) is 6.61 Å². The molecule has 1 unspecified atom stereocenters. The first-order valence-electron chi connectivity index (χ1n) is 6.50. The number of aliphatic hydroxyl groups is 1. The van der Waals surface area contributed by atoms with Gasteiger partial charge in [-0.3, -0.25) is 0 Å². The Balaban J connectivity index is 4.04. The Kier molecular flexibility index (Phi) is 6.42. The minimum atomic E-state index is -0.335. The SMILES string of the molecule is C/C(=C\COC(C)(C)C)C(O)CCC(C)(C)C. The summed E-state index contributed by atoms with van der Waals surface area (Å²) in [6.45, 7) is 15.2. The van der Waals surface area contributed by atoms with Gasteiger partial charge in [-0.15, -0.1) is 0 Å². The topological polar surface area (TPSA) is 29.5 Å². The van der Waals surface area contributed by atoms with Crippen molar-refractivity contribution < 1.29 is 9.84 Å². The third kappa shape index (κ3) is 10.5. The Morgan fingerprint density at radius 2 is 1.71 bits per heavy atom. The average Bonchev–Trinajstić information content (AvgIpc) is 2.10. The molecule has 1 N–H and O–H groups in total. The summed E-state index contributed by atoms with van der Waals surface area (Å²) in [7, 11) is 0. The van der Waals surface area contributed by atoms with E-state index in [0.717, 1.165) is 18.4 Å². The molecule has 0 aromatic carbocycles. The zero-order valence-corrected chi connectivity index (χ0v) is 12.6. The van der Waals surface area contributed by atoms with Crippen LogP contribution >= 0.6 is 0 Å². The smallest absolute Gasteiger partial charge is 0.0748 e. The lowest BCUT2D eigenvalue weighted by atomic mass is 9.88. The third-order valence-electron chi connectivity index (χ3n) is 2.62. The summed E-state index contributed by atoms with van der Waals surface area (Å²) in [6, 6.07) is 0. The van der Waals surface area contributed by atoms with Gasteiger partial charge in [0.05, 0.1) is 18.3 Å². The van der Waals surface area contributed by atoms with E-state index in [1.165, 1.54) is 0 Å². The normalized spacial score (nSPS) is 16.1. The second-order valence-corrected chi connectivity index (χ2v) is 6.99. The Bertz CT molecular complexity index is 241. The van der Waals surface area contributed by atoms with Crippen molar-refractivity contribution in [1.82, 2.24) is 0 Å². The standard InChI is InChI=1S/C15H30O2/c1-12(9-11-17-15(5,6)7)13(16)8-10-14(2,3)4/h9,13,16H,8,10-11H2,1-7H3/b12-9+. The molecule has 0 bridgehead atoms. The van der Waals surface area contributed by atoms with E-state index in [9.17, 15) is 5.11 Å². The van der Waals surface area contributed by atoms with Gasteiger partial charge in [-0.25, -0.2) is 0 Å². The number of hydrogen-bond acceptors (Lipinski definition) is 2. The van der Waals surface area contributed by atoms with Crippen molar-refractivity contribution in [3.63, 3.8) is 0 Å². The average molecular weight is 242 g/mol. The fourth-order valence-electron chi connectivity index (χ4n) is 1.36. The maximum absolute atomic E-state index is 9.99. The lowest BCUT2D eigenvalue weighted by Gasteiger charge is -2.21. The van der Waals surface area contributed by atoms with E-state index < -0.39 is 0 Å². The van der Waals surface area contributed by atoms with Crippen molar-refractivity contribution in [2.45, 2.75) is 73.0 Å². The molecule has 0 saturated heterocycles. The van der Waals surface area contributed by atoms with Gasteiger partial charge in [-0.2, -0.15) is 0 Å². The highest BCUT2D eigenvalue weighted by molar-refractivity contribution is 5.04. The molecule has 2 nitrogen and oxygen atoms in total. The molecule has 102 valence electrons. The summed E-state index contributed by atoms with van der Waals surface area (Å²) in [5, 5.41) is 9.99. The molecule has 0 aliphatic carbocycles. The molecule has 0 aliphatic rings. The monoisotopic (exact) mass is 242 g/mol. The Morgan fingerprint density at radius 1 is 1.18 bits per heavy atom. The fraction of sp³-hybridized carbons (Fsp3) is 0.867. The summed E-state index contributed by atoms with van der Waals surface area (Å²) in [6.07, 6.45) is 3.50. The number of rotatable bonds is 5. The van der Waals surface area contributed by atoms with Gasteiger partial charge in [0, 0.05) is 0 Å². The summed E-state index contributed by atoms with van der Waals surface area (Å²) in [4.78, 5) is 0. The molecule has 0 aliphatic heterocycles. The van der Waals surface area contributed by atoms with Gasteiger partial charge in [0.1, 0.15) is 0 Å². The molecule has 0 aromatic rings. The largest absolute Gasteiger partial charge is 0.389 e. The molecule has 0 radical (unpaired) electrons. The molecule has 0 amide bonds. The zero-order valence-electron chi connectivity index (χ0n) is 12.6. The minimum Gasteiger partial charge on any atom is -0.389 e. The molecule has 1 atom stereocenters. The Hall–Kier alpha value is -0.340. The summed E-state index contributed by atoms with van der Waals surface area (Å²) in [5.41, 5.74) is 1.18. The molecule has 0 rings (SSSR count). The van der Waals surface area contributed by atoms with E-state index in [0.29, 0.717) is 6.61 Å². The molecular weight excluding hydrogens is 212 g/mol. The molecule has 0 heterocycles. The van der Waals surface area contributed by atoms with E-state index in [1.807, 2.05) is 33.8 Å². The fourth-order valence-corrected chi connectivity index (χ4v) is 1.36. The van der Waals surface area contributed by atoms with Crippen LogP contribution in [0.2, 0.25) is 0 Å². The van der Waals surface area contributed by atoms with E-state index in [4.69, 9.17) is 4.74 Å². The van der Waals surface area contributed by atoms with E-state index in [-0.39, 0.29) is 17.1 Å². The highest BCUT2D eigenvalue weighted by atomic mass is 16.5. The van der Waals surface area contributed by atoms with Gasteiger partial charge in [0.15, 0.2) is 0 Å². The molecule has 0 fully saturated rings. The predicted octanol–water partition coefficient (Wildman–Crippen LogP) is 3.94. The molecule has 0 aromatic heterocycles. The minimum absolute atomic E-state index is 0.118. The maximum atomic E-state index is 9.99. The third-order valence-corrected chi connectivity index (χ3v) is 2.62. The highest BCUT2D eigenvalue weighted by Crippen LogP contribution is 2.23. The number of ether oxygens (including phenoxy) is 1. The predicted molar refractivity (Wildman–Crippen MR) is 74.2 cm³/mol. The van der Waals surface area contributed by atoms with Gasteiger partial charge < -0.3 is 9.84 Å². The van der Waals surface area contributed by atoms with Gasteiger partial charge in [-0.05, 0) is 51.5 Å². The first-order valence-corrected chi connectivity index (χ1v) is 6.50. The van der Waals surface area contributed by atoms with Crippen molar-refractivity contribution in [3.8, 4) is 0 Å². The van der Waals surface area contributed by atoms with Gasteiger partial charge in [-0.1, -0.05) is 26.8 Å². The van der Waals surface area contributed by atoms with Crippen molar-refractivity contribution in [3.05, 3.63) is 11.6 Å². The number of hydrogen-bond donors (Lipinski definition) is 1. The summed E-state index contributed by atoms with van der Waals surface area (Å²) >= 11 is 0. The lowest BCUT2D eigenvalue weighted by Crippen LogP contribution is -2.20. The van der Waals surface area contributed by atoms with Crippen molar-refractivity contribution >= 4 is 0 Å². The summed E-state index contributed by atoms with van der Waals surface area (Å²) in [5.74, 6) is 0. The highest BCUT2D eigenvalue weighted by Gasteiger charge is 2.14. The van der Waals surface area contributed by atoms with E-state index in [2.05, 4.69) is 20.8 Å². The van der Waals surface area contributed by atoms with Gasteiger partial charge in [0.2, 0.25) is 0 Å². The van der Waals surface area contributed by atoms with Crippen LogP contribution in [-0.2, 0) is 4.74 Å². The molecule has 0 spiro atoms. The van der Waals surface area contributed by atoms with Gasteiger partial charge >= 0.3 is 0 Å². The van der Waals surface area contributed by atoms with Crippen LogP contribution in [0.4, 0.5) is 0 Å². The van der Waals surface area contributed by atoms with Crippen LogP contribution in [-0.4, -0.2) is 23.4 Å². The van der Waals surface area contributed by atoms with Crippen LogP contribution < -0.4 is 0 Å². The molecule has 2 heteroatoms. The lowest BCUT2D eigenvalue weighted by molar-refractivity contribution is 0.0142. The van der Waals surface area contributed by atoms with Crippen LogP contribution in [0.3, 0.4) is 0 Å². The Labute approximate surface area is 107 Å². The number of aliphatic hydroxyl groups excluding tert-OH is 1. The quantitative estimate of drug-likeness (QED) is 0.740. The van der Waals surface area contributed by atoms with Crippen molar-refractivity contribution in [2.24, 2.45) is 5.41 Å². The second-order valence-electron chi connectivity index (χ2n) is 6.99. The van der Waals surface area contributed by atoms with E-state index in [1.54, 1.807) is 0 Å². The van der Waals surface area contributed by atoms with Crippen LogP contribution in [0.1, 0.15) is 61.3 Å². The zero-order chi connectivity index (χ0) is 13.7.